The lowest BCUT2D eigenvalue weighted by atomic mass is 10.1. The summed E-state index contributed by atoms with van der Waals surface area (Å²) in [5, 5.41) is 8.64. The van der Waals surface area contributed by atoms with Gasteiger partial charge in [0.15, 0.2) is 0 Å². The zero-order valence-corrected chi connectivity index (χ0v) is 12.6. The number of carboxylic acids is 1. The SMILES string of the molecule is COc1ccc(C=CC(=O)O)cc1CSC(C)(C)C. The monoisotopic (exact) mass is 280 g/mol. The number of aliphatic carboxylic acids is 1. The van der Waals surface area contributed by atoms with Crippen molar-refractivity contribution >= 4 is 23.8 Å². The quantitative estimate of drug-likeness (QED) is 0.833. The summed E-state index contributed by atoms with van der Waals surface area (Å²) in [6.45, 7) is 6.50. The van der Waals surface area contributed by atoms with Gasteiger partial charge in [0.05, 0.1) is 7.11 Å². The minimum atomic E-state index is -0.943. The maximum atomic E-state index is 10.5. The number of hydrogen-bond acceptors (Lipinski definition) is 3. The Balaban J connectivity index is 2.93. The fraction of sp³-hybridized carbons (Fsp3) is 0.400. The topological polar surface area (TPSA) is 46.5 Å². The van der Waals surface area contributed by atoms with Crippen molar-refractivity contribution in [2.75, 3.05) is 7.11 Å². The molecule has 0 unspecified atom stereocenters. The third-order valence-electron chi connectivity index (χ3n) is 2.38. The van der Waals surface area contributed by atoms with Crippen LogP contribution in [0.5, 0.6) is 5.75 Å². The first-order chi connectivity index (χ1) is 8.81. The van der Waals surface area contributed by atoms with Crippen LogP contribution in [-0.4, -0.2) is 22.9 Å². The van der Waals surface area contributed by atoms with Gasteiger partial charge in [-0.05, 0) is 23.8 Å². The van der Waals surface area contributed by atoms with E-state index in [1.54, 1.807) is 13.2 Å². The smallest absolute Gasteiger partial charge is 0.328 e. The van der Waals surface area contributed by atoms with Crippen LogP contribution in [0, 0.1) is 0 Å². The summed E-state index contributed by atoms with van der Waals surface area (Å²) in [4.78, 5) is 10.5. The van der Waals surface area contributed by atoms with E-state index in [2.05, 4.69) is 20.8 Å². The van der Waals surface area contributed by atoms with Crippen molar-refractivity contribution in [3.8, 4) is 5.75 Å². The van der Waals surface area contributed by atoms with E-state index in [-0.39, 0.29) is 4.75 Å². The van der Waals surface area contributed by atoms with E-state index in [1.807, 2.05) is 30.0 Å². The molecule has 0 saturated heterocycles. The number of carboxylic acid groups (broad SMARTS) is 1. The molecule has 0 heterocycles. The Morgan fingerprint density at radius 2 is 2.11 bits per heavy atom. The minimum Gasteiger partial charge on any atom is -0.496 e. The van der Waals surface area contributed by atoms with Gasteiger partial charge in [-0.1, -0.05) is 26.8 Å². The van der Waals surface area contributed by atoms with Gasteiger partial charge < -0.3 is 9.84 Å². The summed E-state index contributed by atoms with van der Waals surface area (Å²) in [5.41, 5.74) is 1.95. The first-order valence-electron chi connectivity index (χ1n) is 6.04. The largest absolute Gasteiger partial charge is 0.496 e. The predicted octanol–water partition coefficient (Wildman–Crippen LogP) is 3.82. The van der Waals surface area contributed by atoms with E-state index in [9.17, 15) is 4.79 Å². The van der Waals surface area contributed by atoms with Crippen LogP contribution in [-0.2, 0) is 10.5 Å². The van der Waals surface area contributed by atoms with Gasteiger partial charge in [0.25, 0.3) is 0 Å². The average Bonchev–Trinajstić information content (AvgIpc) is 2.33. The Kier molecular flexibility index (Phi) is 5.48. The molecule has 1 N–H and O–H groups in total. The van der Waals surface area contributed by atoms with Gasteiger partial charge in [-0.3, -0.25) is 0 Å². The lowest BCUT2D eigenvalue weighted by molar-refractivity contribution is -0.131. The van der Waals surface area contributed by atoms with E-state index >= 15 is 0 Å². The first kappa shape index (κ1) is 15.6. The molecule has 0 spiro atoms. The Labute approximate surface area is 118 Å². The Morgan fingerprint density at radius 3 is 2.63 bits per heavy atom. The van der Waals surface area contributed by atoms with Crippen molar-refractivity contribution in [3.63, 3.8) is 0 Å². The standard InChI is InChI=1S/C15H20O3S/c1-15(2,3)19-10-12-9-11(6-8-14(16)17)5-7-13(12)18-4/h5-9H,10H2,1-4H3,(H,16,17). The van der Waals surface area contributed by atoms with Crippen LogP contribution in [0.15, 0.2) is 24.3 Å². The van der Waals surface area contributed by atoms with Crippen molar-refractivity contribution < 1.29 is 14.6 Å². The second kappa shape index (κ2) is 6.66. The third kappa shape index (κ3) is 5.83. The van der Waals surface area contributed by atoms with Crippen LogP contribution in [0.4, 0.5) is 0 Å². The normalized spacial score (nSPS) is 11.8. The number of benzene rings is 1. The van der Waals surface area contributed by atoms with Crippen LogP contribution in [0.2, 0.25) is 0 Å². The molecule has 1 aromatic carbocycles. The van der Waals surface area contributed by atoms with Gasteiger partial charge >= 0.3 is 5.97 Å². The summed E-state index contributed by atoms with van der Waals surface area (Å²) in [7, 11) is 1.65. The molecule has 104 valence electrons. The second-order valence-corrected chi connectivity index (χ2v) is 6.95. The molecule has 0 amide bonds. The number of ether oxygens (including phenoxy) is 1. The van der Waals surface area contributed by atoms with Crippen LogP contribution < -0.4 is 4.74 Å². The molecule has 0 bridgehead atoms. The van der Waals surface area contributed by atoms with Crippen molar-refractivity contribution in [2.45, 2.75) is 31.3 Å². The number of methoxy groups -OCH3 is 1. The summed E-state index contributed by atoms with van der Waals surface area (Å²) in [6.07, 6.45) is 2.73. The van der Waals surface area contributed by atoms with Crippen molar-refractivity contribution in [3.05, 3.63) is 35.4 Å². The molecule has 1 rings (SSSR count). The first-order valence-corrected chi connectivity index (χ1v) is 7.02. The predicted molar refractivity (Wildman–Crippen MR) is 80.7 cm³/mol. The Hall–Kier alpha value is -1.42. The highest BCUT2D eigenvalue weighted by Gasteiger charge is 2.12. The highest BCUT2D eigenvalue weighted by atomic mass is 32.2. The fourth-order valence-corrected chi connectivity index (χ4v) is 2.29. The third-order valence-corrected chi connectivity index (χ3v) is 3.70. The maximum Gasteiger partial charge on any atom is 0.328 e. The molecule has 0 saturated carbocycles. The van der Waals surface area contributed by atoms with Crippen molar-refractivity contribution in [1.29, 1.82) is 0 Å². The van der Waals surface area contributed by atoms with E-state index in [1.165, 1.54) is 0 Å². The Morgan fingerprint density at radius 1 is 1.42 bits per heavy atom. The molecule has 0 radical (unpaired) electrons. The molecule has 0 aliphatic carbocycles. The highest BCUT2D eigenvalue weighted by molar-refractivity contribution is 7.99. The number of hydrogen-bond donors (Lipinski definition) is 1. The van der Waals surface area contributed by atoms with E-state index in [4.69, 9.17) is 9.84 Å². The minimum absolute atomic E-state index is 0.178. The summed E-state index contributed by atoms with van der Waals surface area (Å²) < 4.78 is 5.52. The molecule has 19 heavy (non-hydrogen) atoms. The van der Waals surface area contributed by atoms with Gasteiger partial charge in [-0.25, -0.2) is 4.79 Å². The Bertz CT molecular complexity index is 473. The maximum absolute atomic E-state index is 10.5. The van der Waals surface area contributed by atoms with E-state index in [0.29, 0.717) is 0 Å². The molecule has 0 aliphatic rings. The molecule has 0 fully saturated rings. The molecule has 0 aromatic heterocycles. The van der Waals surface area contributed by atoms with E-state index < -0.39 is 5.97 Å². The van der Waals surface area contributed by atoms with Crippen LogP contribution in [0.25, 0.3) is 6.08 Å². The molecule has 0 atom stereocenters. The summed E-state index contributed by atoms with van der Waals surface area (Å²) >= 11 is 1.83. The summed E-state index contributed by atoms with van der Waals surface area (Å²) in [6, 6.07) is 5.70. The average molecular weight is 280 g/mol. The second-order valence-electron chi connectivity index (χ2n) is 5.14. The lowest BCUT2D eigenvalue weighted by Gasteiger charge is -2.18. The van der Waals surface area contributed by atoms with E-state index in [0.717, 1.165) is 28.7 Å². The highest BCUT2D eigenvalue weighted by Crippen LogP contribution is 2.31. The zero-order valence-electron chi connectivity index (χ0n) is 11.8. The van der Waals surface area contributed by atoms with Crippen molar-refractivity contribution in [1.82, 2.24) is 0 Å². The molecule has 0 aliphatic heterocycles. The zero-order chi connectivity index (χ0) is 14.5. The number of thioether (sulfide) groups is 1. The van der Waals surface area contributed by atoms with Gasteiger partial charge in [0, 0.05) is 22.1 Å². The van der Waals surface area contributed by atoms with Gasteiger partial charge in [-0.2, -0.15) is 11.8 Å². The molecular formula is C15H20O3S. The number of carbonyl (C=O) groups is 1. The molecular weight excluding hydrogens is 260 g/mol. The van der Waals surface area contributed by atoms with Crippen LogP contribution in [0.3, 0.4) is 0 Å². The van der Waals surface area contributed by atoms with Gasteiger partial charge in [0.2, 0.25) is 0 Å². The van der Waals surface area contributed by atoms with Gasteiger partial charge in [-0.15, -0.1) is 0 Å². The molecule has 4 heteroatoms. The lowest BCUT2D eigenvalue weighted by Crippen LogP contribution is -2.07. The van der Waals surface area contributed by atoms with Gasteiger partial charge in [0.1, 0.15) is 5.75 Å². The fourth-order valence-electron chi connectivity index (χ4n) is 1.48. The number of rotatable bonds is 5. The summed E-state index contributed by atoms with van der Waals surface area (Å²) in [5.74, 6) is 0.729. The molecule has 1 aromatic rings. The molecule has 3 nitrogen and oxygen atoms in total. The van der Waals surface area contributed by atoms with Crippen molar-refractivity contribution in [2.24, 2.45) is 0 Å². The van der Waals surface area contributed by atoms with Crippen LogP contribution >= 0.6 is 11.8 Å². The van der Waals surface area contributed by atoms with Crippen LogP contribution in [0.1, 0.15) is 31.9 Å².